The number of amides is 1. The molecule has 3 aromatic carbocycles. The lowest BCUT2D eigenvalue weighted by Gasteiger charge is -2.27. The van der Waals surface area contributed by atoms with Gasteiger partial charge in [-0.05, 0) is 36.4 Å². The molecule has 0 spiro atoms. The van der Waals surface area contributed by atoms with Gasteiger partial charge < -0.3 is 42.2 Å². The number of thiol groups is 1. The molecule has 210 valence electrons. The first-order valence-corrected chi connectivity index (χ1v) is 15.2. The second-order valence-corrected chi connectivity index (χ2v) is 12.5. The number of carbonyl (C=O) groups is 2. The van der Waals surface area contributed by atoms with E-state index in [1.54, 1.807) is 0 Å². The molecule has 0 aliphatic carbocycles. The number of halogens is 1. The number of hydrogen-bond acceptors (Lipinski definition) is 7. The summed E-state index contributed by atoms with van der Waals surface area (Å²) in [5, 5.41) is 6.38. The van der Waals surface area contributed by atoms with Crippen molar-refractivity contribution in [3.05, 3.63) is 91.0 Å². The van der Waals surface area contributed by atoms with Gasteiger partial charge >= 0.3 is 5.97 Å². The van der Waals surface area contributed by atoms with Crippen LogP contribution in [0.2, 0.25) is 0 Å². The SMILES string of the molecule is NC(CS)C(=O)NCC(=O)OCCOCCOCC[P+](c1ccccc1)(c1ccccc1)c1ccccc1.[Br-]. The highest BCUT2D eigenvalue weighted by Gasteiger charge is 2.44. The van der Waals surface area contributed by atoms with E-state index in [-0.39, 0.29) is 42.5 Å². The van der Waals surface area contributed by atoms with Crippen LogP contribution in [0.25, 0.3) is 0 Å². The number of nitrogens with two attached hydrogens (primary N) is 1. The van der Waals surface area contributed by atoms with Gasteiger partial charge in [-0.1, -0.05) is 54.6 Å². The third-order valence-corrected chi connectivity index (χ3v) is 10.8. The summed E-state index contributed by atoms with van der Waals surface area (Å²) >= 11 is 3.95. The molecule has 1 atom stereocenters. The maximum Gasteiger partial charge on any atom is 0.325 e. The Balaban J connectivity index is 0.00000533. The van der Waals surface area contributed by atoms with Crippen LogP contribution in [-0.2, 0) is 23.8 Å². The summed E-state index contributed by atoms with van der Waals surface area (Å²) in [4.78, 5) is 23.3. The second kappa shape index (κ2) is 18.2. The summed E-state index contributed by atoms with van der Waals surface area (Å²) in [6, 6.07) is 31.3. The molecule has 1 amide bonds. The molecule has 10 heteroatoms. The van der Waals surface area contributed by atoms with Crippen molar-refractivity contribution < 1.29 is 40.8 Å². The van der Waals surface area contributed by atoms with Crippen molar-refractivity contribution in [2.75, 3.05) is 51.5 Å². The zero-order valence-corrected chi connectivity index (χ0v) is 25.2. The Morgan fingerprint density at radius 2 is 1.18 bits per heavy atom. The Morgan fingerprint density at radius 3 is 1.64 bits per heavy atom. The van der Waals surface area contributed by atoms with Gasteiger partial charge in [0.05, 0.1) is 38.6 Å². The summed E-state index contributed by atoms with van der Waals surface area (Å²) in [5.74, 6) is -0.791. The predicted octanol–water partition coefficient (Wildman–Crippen LogP) is -1.07. The lowest BCUT2D eigenvalue weighted by molar-refractivity contribution is -0.145. The Labute approximate surface area is 247 Å². The summed E-state index contributed by atoms with van der Waals surface area (Å²) < 4.78 is 16.6. The first-order valence-electron chi connectivity index (χ1n) is 12.6. The molecule has 0 aliphatic heterocycles. The largest absolute Gasteiger partial charge is 1.00 e. The third-order valence-electron chi connectivity index (χ3n) is 5.97. The number of hydrogen-bond donors (Lipinski definition) is 3. The highest BCUT2D eigenvalue weighted by atomic mass is 79.9. The minimum Gasteiger partial charge on any atom is -1.00 e. The highest BCUT2D eigenvalue weighted by molar-refractivity contribution is 7.95. The van der Waals surface area contributed by atoms with Gasteiger partial charge in [0.2, 0.25) is 5.91 Å². The number of rotatable bonds is 16. The number of benzene rings is 3. The molecule has 0 saturated heterocycles. The van der Waals surface area contributed by atoms with E-state index in [1.165, 1.54) is 15.9 Å². The zero-order valence-electron chi connectivity index (χ0n) is 21.8. The molecule has 0 aliphatic rings. The van der Waals surface area contributed by atoms with Gasteiger partial charge in [0, 0.05) is 5.75 Å². The Morgan fingerprint density at radius 1 is 0.744 bits per heavy atom. The number of ether oxygens (including phenoxy) is 3. The summed E-state index contributed by atoms with van der Waals surface area (Å²) in [7, 11) is -1.92. The highest BCUT2D eigenvalue weighted by Crippen LogP contribution is 2.54. The lowest BCUT2D eigenvalue weighted by atomic mass is 10.3. The van der Waals surface area contributed by atoms with E-state index in [4.69, 9.17) is 19.9 Å². The van der Waals surface area contributed by atoms with Gasteiger partial charge in [-0.3, -0.25) is 9.59 Å². The fourth-order valence-electron chi connectivity index (χ4n) is 4.04. The Kier molecular flexibility index (Phi) is 15.3. The number of nitrogens with one attached hydrogen (secondary N) is 1. The van der Waals surface area contributed by atoms with Crippen LogP contribution in [0, 0.1) is 0 Å². The maximum atomic E-state index is 11.7. The zero-order chi connectivity index (χ0) is 27.1. The molecule has 0 radical (unpaired) electrons. The second-order valence-electron chi connectivity index (χ2n) is 8.49. The van der Waals surface area contributed by atoms with Gasteiger partial charge in [0.1, 0.15) is 36.3 Å². The van der Waals surface area contributed by atoms with Crippen molar-refractivity contribution >= 4 is 47.7 Å². The van der Waals surface area contributed by atoms with E-state index < -0.39 is 25.2 Å². The van der Waals surface area contributed by atoms with Crippen molar-refractivity contribution in [1.82, 2.24) is 5.32 Å². The van der Waals surface area contributed by atoms with Gasteiger partial charge in [-0.2, -0.15) is 12.6 Å². The van der Waals surface area contributed by atoms with E-state index in [2.05, 4.69) is 109 Å². The fraction of sp³-hybridized carbons (Fsp3) is 0.310. The maximum absolute atomic E-state index is 11.7. The van der Waals surface area contributed by atoms with Crippen LogP contribution in [0.15, 0.2) is 91.0 Å². The van der Waals surface area contributed by atoms with Gasteiger partial charge in [-0.25, -0.2) is 0 Å². The molecule has 3 rings (SSSR count). The molecule has 0 heterocycles. The molecule has 3 aromatic rings. The van der Waals surface area contributed by atoms with Gasteiger partial charge in [0.15, 0.2) is 0 Å². The van der Waals surface area contributed by atoms with E-state index in [1.807, 2.05) is 0 Å². The minimum atomic E-state index is -1.92. The van der Waals surface area contributed by atoms with E-state index in [0.717, 1.165) is 6.16 Å². The van der Waals surface area contributed by atoms with Crippen LogP contribution in [0.5, 0.6) is 0 Å². The van der Waals surface area contributed by atoms with Crippen LogP contribution >= 0.6 is 19.9 Å². The van der Waals surface area contributed by atoms with Gasteiger partial charge in [0.25, 0.3) is 0 Å². The Hall–Kier alpha value is -2.26. The Bertz CT molecular complexity index is 1020. The first-order chi connectivity index (χ1) is 18.6. The third kappa shape index (κ3) is 10.0. The predicted molar refractivity (Wildman–Crippen MR) is 157 cm³/mol. The average Bonchev–Trinajstić information content (AvgIpc) is 2.98. The van der Waals surface area contributed by atoms with Crippen LogP contribution in [-0.4, -0.2) is 69.4 Å². The molecular weight excluding hydrogens is 599 g/mol. The summed E-state index contributed by atoms with van der Waals surface area (Å²) in [5.41, 5.74) is 5.53. The molecule has 3 N–H and O–H groups in total. The average molecular weight is 636 g/mol. The van der Waals surface area contributed by atoms with Crippen LogP contribution in [0.1, 0.15) is 0 Å². The number of carbonyl (C=O) groups excluding carboxylic acids is 2. The monoisotopic (exact) mass is 634 g/mol. The molecule has 39 heavy (non-hydrogen) atoms. The van der Waals surface area contributed by atoms with Crippen molar-refractivity contribution in [3.8, 4) is 0 Å². The van der Waals surface area contributed by atoms with E-state index >= 15 is 0 Å². The van der Waals surface area contributed by atoms with Crippen LogP contribution < -0.4 is 43.9 Å². The van der Waals surface area contributed by atoms with Crippen molar-refractivity contribution in [2.45, 2.75) is 6.04 Å². The van der Waals surface area contributed by atoms with Crippen molar-refractivity contribution in [1.29, 1.82) is 0 Å². The molecule has 0 saturated carbocycles. The standard InChI is InChI=1S/C29H35N2O5PS.BrH/c30-27(23-38)29(33)31-22-28(32)36-19-18-34-16-17-35-20-21-37(24-10-4-1-5-11-24,25-12-6-2-7-13-25)26-14-8-3-9-15-26;/h1-15,27H,16-23,30H2,(H-,31,33,38);1H. The molecule has 0 fully saturated rings. The fourth-order valence-corrected chi connectivity index (χ4v) is 8.33. The van der Waals surface area contributed by atoms with E-state index in [0.29, 0.717) is 19.8 Å². The molecule has 7 nitrogen and oxygen atoms in total. The summed E-state index contributed by atoms with van der Waals surface area (Å²) in [6.45, 7) is 1.51. The number of esters is 1. The normalized spacial score (nSPS) is 11.7. The molecule has 0 bridgehead atoms. The van der Waals surface area contributed by atoms with Crippen molar-refractivity contribution in [3.63, 3.8) is 0 Å². The minimum absolute atomic E-state index is 0. The summed E-state index contributed by atoms with van der Waals surface area (Å²) in [6.07, 6.45) is 0.866. The smallest absolute Gasteiger partial charge is 0.325 e. The molecule has 0 aromatic heterocycles. The topological polar surface area (TPSA) is 99.9 Å². The molecule has 1 unspecified atom stereocenters. The van der Waals surface area contributed by atoms with Crippen molar-refractivity contribution in [2.24, 2.45) is 5.73 Å². The van der Waals surface area contributed by atoms with E-state index in [9.17, 15) is 9.59 Å². The molecular formula is C29H36BrN2O5PS. The first kappa shape index (κ1) is 32.9. The van der Waals surface area contributed by atoms with Crippen LogP contribution in [0.3, 0.4) is 0 Å². The quantitative estimate of drug-likeness (QED) is 0.0804. The lowest BCUT2D eigenvalue weighted by Crippen LogP contribution is -3.00. The van der Waals surface area contributed by atoms with Gasteiger partial charge in [-0.15, -0.1) is 0 Å². The van der Waals surface area contributed by atoms with Crippen LogP contribution in [0.4, 0.5) is 0 Å².